The van der Waals surface area contributed by atoms with Gasteiger partial charge in [-0.15, -0.1) is 0 Å². The molecule has 1 aliphatic carbocycles. The maximum Gasteiger partial charge on any atom is 0.407 e. The number of anilines is 1. The van der Waals surface area contributed by atoms with Crippen molar-refractivity contribution < 1.29 is 61.1 Å². The highest BCUT2D eigenvalue weighted by molar-refractivity contribution is 6.74. The van der Waals surface area contributed by atoms with E-state index in [2.05, 4.69) is 93.2 Å². The fourth-order valence-corrected chi connectivity index (χ4v) is 13.2. The van der Waals surface area contributed by atoms with Gasteiger partial charge in [0, 0.05) is 92.4 Å². The van der Waals surface area contributed by atoms with Gasteiger partial charge in [-0.2, -0.15) is 0 Å². The summed E-state index contributed by atoms with van der Waals surface area (Å²) in [6.45, 7) is 26.3. The number of hydrogen-bond donors (Lipinski definition) is 4. The van der Waals surface area contributed by atoms with Gasteiger partial charge in [-0.1, -0.05) is 93.6 Å². The van der Waals surface area contributed by atoms with Gasteiger partial charge in [-0.05, 0) is 154 Å². The molecule has 0 saturated carbocycles. The largest absolute Gasteiger partial charge is 0.497 e. The number of carbonyl (C=O) groups excluding carboxylic acids is 3. The number of rotatable bonds is 33. The third kappa shape index (κ3) is 18.0. The maximum atomic E-state index is 14.2. The summed E-state index contributed by atoms with van der Waals surface area (Å²) in [5.74, 6) is 1.90. The van der Waals surface area contributed by atoms with Crippen LogP contribution in [0, 0.1) is 13.8 Å². The zero-order valence-electron chi connectivity index (χ0n) is 58.8. The number of likely N-dealkylation sites (N-methyl/N-ethyl adjacent to an activating group) is 1. The second-order valence-electron chi connectivity index (χ2n) is 26.0. The Morgan fingerprint density at radius 3 is 1.99 bits per heavy atom. The molecule has 1 fully saturated rings. The first-order chi connectivity index (χ1) is 46.7. The van der Waals surface area contributed by atoms with E-state index < -0.39 is 44.8 Å². The predicted molar refractivity (Wildman–Crippen MR) is 381 cm³/mol. The van der Waals surface area contributed by atoms with E-state index in [-0.39, 0.29) is 30.1 Å². The summed E-state index contributed by atoms with van der Waals surface area (Å²) in [6, 6.07) is 41.4. The highest BCUT2D eigenvalue weighted by atomic mass is 28.4. The third-order valence-electron chi connectivity index (χ3n) is 18.2. The molecule has 4 atom stereocenters. The number of ether oxygens (including phenoxy) is 8. The van der Waals surface area contributed by atoms with Crippen molar-refractivity contribution >= 4 is 43.0 Å². The number of nitrogens with zero attached hydrogens (tertiary/aromatic N) is 3. The van der Waals surface area contributed by atoms with Crippen molar-refractivity contribution in [2.75, 3.05) is 106 Å². The van der Waals surface area contributed by atoms with E-state index in [0.717, 1.165) is 73.1 Å². The molecule has 5 aromatic carbocycles. The number of hydrogen-bond acceptors (Lipinski definition) is 16. The molecule has 1 saturated heterocycles. The van der Waals surface area contributed by atoms with Crippen LogP contribution in [0.3, 0.4) is 0 Å². The molecular weight excluding hydrogens is 1250 g/mol. The molecule has 97 heavy (non-hydrogen) atoms. The van der Waals surface area contributed by atoms with Gasteiger partial charge in [0.05, 0.1) is 52.5 Å². The van der Waals surface area contributed by atoms with Crippen molar-refractivity contribution in [1.29, 1.82) is 0 Å². The molecule has 0 spiro atoms. The molecule has 0 bridgehead atoms. The van der Waals surface area contributed by atoms with Gasteiger partial charge in [0.1, 0.15) is 53.5 Å². The first-order valence-electron chi connectivity index (χ1n) is 33.8. The summed E-state index contributed by atoms with van der Waals surface area (Å²) >= 11 is 0. The van der Waals surface area contributed by atoms with Gasteiger partial charge in [-0.25, -0.2) is 9.59 Å². The second kappa shape index (κ2) is 33.9. The van der Waals surface area contributed by atoms with Crippen LogP contribution in [0.15, 0.2) is 149 Å². The summed E-state index contributed by atoms with van der Waals surface area (Å²) in [4.78, 5) is 48.9. The Kier molecular flexibility index (Phi) is 25.6. The normalized spacial score (nSPS) is 16.9. The standard InChI is InChI=1S/C76H99N7O13Si/c1-14-77-63-47-65-61(45-51(63)3)69(62-46-52(4)64(78-15-2)48-66(62)93-65)59-25-19-20-26-60(59)71(84)82(9)37-40-92-74(86)80-36-22-39-90-42-44-91-43-41-89-38-21-35-79-70-53(5)50-83(73(85)81-70)68-49-67(96-97(12,13)75(6,7)8)72(94-68)95-76(54-23-17-16-18-24-54,55-27-31-57(87-10)32-28-55)56-29-33-58(88-11)34-30-56/h16-20,23-34,45-48,50,67-68,70,72,77,79H,14-15,21-22,35-44,49H2,1-13H3,(H,80,86)(H,81,85). The fourth-order valence-electron chi connectivity index (χ4n) is 11.9. The minimum atomic E-state index is -2.43. The lowest BCUT2D eigenvalue weighted by Crippen LogP contribution is -2.56. The molecule has 4 unspecified atom stereocenters. The van der Waals surface area contributed by atoms with E-state index in [1.807, 2.05) is 130 Å². The number of carbonyl (C=O) groups is 3. The molecule has 3 heterocycles. The van der Waals surface area contributed by atoms with Crippen molar-refractivity contribution in [3.63, 3.8) is 0 Å². The molecule has 0 radical (unpaired) electrons. The molecular formula is C76H99N7O13Si. The summed E-state index contributed by atoms with van der Waals surface area (Å²) in [5.41, 5.74) is 9.14. The Morgan fingerprint density at radius 1 is 0.742 bits per heavy atom. The zero-order valence-corrected chi connectivity index (χ0v) is 59.8. The van der Waals surface area contributed by atoms with E-state index in [1.54, 1.807) is 31.1 Å². The van der Waals surface area contributed by atoms with Gasteiger partial charge in [-0.3, -0.25) is 20.0 Å². The molecule has 9 rings (SSSR count). The van der Waals surface area contributed by atoms with Crippen LogP contribution in [0.2, 0.25) is 18.1 Å². The third-order valence-corrected chi connectivity index (χ3v) is 22.7. The fraction of sp³-hybridized carbons (Fsp3) is 0.447. The number of benzene rings is 6. The Hall–Kier alpha value is -8.12. The topological polar surface area (TPSA) is 214 Å². The first kappa shape index (κ1) is 73.1. The number of urea groups is 1. The highest BCUT2D eigenvalue weighted by Crippen LogP contribution is 2.48. The van der Waals surface area contributed by atoms with Gasteiger partial charge in [0.15, 0.2) is 14.6 Å². The highest BCUT2D eigenvalue weighted by Gasteiger charge is 2.51. The van der Waals surface area contributed by atoms with Crippen molar-refractivity contribution in [2.45, 2.75) is 123 Å². The Balaban J connectivity index is 0.676. The molecule has 4 amide bonds. The summed E-state index contributed by atoms with van der Waals surface area (Å²) in [5, 5.41) is 14.5. The van der Waals surface area contributed by atoms with Crippen molar-refractivity contribution in [2.24, 2.45) is 4.99 Å². The quantitative estimate of drug-likeness (QED) is 0.0130. The molecule has 4 N–H and O–H groups in total. The number of nitrogens with one attached hydrogen (secondary N) is 4. The molecule has 4 aliphatic rings. The SMILES string of the molecule is CCN=c1cc2oc3cc(NCC)c(C)cc3c(-c3ccccc3C(=O)N(C)CCOC(=O)NCCCOCCOCCOCCCNC3NC(=O)N(C4CC(O[Si](C)(C)C(C)(C)C)C(OC(c5ccccc5)(c5ccc(OC)cc5)c5ccc(OC)cc5)O4)C=C3C)c-2cc1C. The van der Waals surface area contributed by atoms with Crippen LogP contribution < -0.4 is 36.1 Å². The predicted octanol–water partition coefficient (Wildman–Crippen LogP) is 13.1. The van der Waals surface area contributed by atoms with Gasteiger partial charge in [0.25, 0.3) is 5.91 Å². The van der Waals surface area contributed by atoms with E-state index in [0.29, 0.717) is 107 Å². The Bertz CT molecular complexity index is 3770. The number of methoxy groups -OCH3 is 2. The summed E-state index contributed by atoms with van der Waals surface area (Å²) in [6.07, 6.45) is 0.430. The smallest absolute Gasteiger partial charge is 0.407 e. The summed E-state index contributed by atoms with van der Waals surface area (Å²) < 4.78 is 62.3. The molecule has 5 aromatic rings. The lowest BCUT2D eigenvalue weighted by molar-refractivity contribution is -0.215. The number of aryl methyl sites for hydroxylation is 2. The Morgan fingerprint density at radius 2 is 1.36 bits per heavy atom. The average molecular weight is 1350 g/mol. The van der Waals surface area contributed by atoms with E-state index in [4.69, 9.17) is 51.7 Å². The van der Waals surface area contributed by atoms with Crippen LogP contribution in [0.5, 0.6) is 11.5 Å². The first-order valence-corrected chi connectivity index (χ1v) is 36.7. The number of fused-ring (bicyclic) bond motifs is 2. The zero-order chi connectivity index (χ0) is 69.3. The van der Waals surface area contributed by atoms with Crippen molar-refractivity contribution in [3.8, 4) is 33.9 Å². The van der Waals surface area contributed by atoms with Crippen LogP contribution in [-0.2, 0) is 38.4 Å². The lowest BCUT2D eigenvalue weighted by atomic mass is 9.80. The molecule has 3 aliphatic heterocycles. The van der Waals surface area contributed by atoms with Gasteiger partial charge < -0.3 is 67.6 Å². The lowest BCUT2D eigenvalue weighted by Gasteiger charge is -2.42. The van der Waals surface area contributed by atoms with E-state index in [9.17, 15) is 14.4 Å². The molecule has 520 valence electrons. The van der Waals surface area contributed by atoms with Crippen molar-refractivity contribution in [1.82, 2.24) is 25.8 Å². The molecule has 0 aromatic heterocycles. The maximum absolute atomic E-state index is 14.2. The van der Waals surface area contributed by atoms with Crippen LogP contribution in [-0.4, -0.2) is 161 Å². The van der Waals surface area contributed by atoms with E-state index in [1.165, 1.54) is 0 Å². The number of amides is 4. The second-order valence-corrected chi connectivity index (χ2v) is 30.8. The van der Waals surface area contributed by atoms with E-state index >= 15 is 0 Å². The van der Waals surface area contributed by atoms with Crippen LogP contribution >= 0.6 is 0 Å². The minimum Gasteiger partial charge on any atom is -0.497 e. The minimum absolute atomic E-state index is 0.0111. The molecule has 20 nitrogen and oxygen atoms in total. The Labute approximate surface area is 572 Å². The molecule has 21 heteroatoms. The number of alkyl carbamates (subject to hydrolysis) is 1. The van der Waals surface area contributed by atoms with Gasteiger partial charge >= 0.3 is 12.1 Å². The monoisotopic (exact) mass is 1350 g/mol. The van der Waals surface area contributed by atoms with Crippen molar-refractivity contribution in [3.05, 3.63) is 178 Å². The van der Waals surface area contributed by atoms with Crippen LogP contribution in [0.1, 0.15) is 99.0 Å². The van der Waals surface area contributed by atoms with Crippen LogP contribution in [0.25, 0.3) is 33.4 Å². The summed E-state index contributed by atoms with van der Waals surface area (Å²) in [7, 11) is 2.58. The van der Waals surface area contributed by atoms with Crippen LogP contribution in [0.4, 0.5) is 15.3 Å². The average Bonchev–Trinajstić information content (AvgIpc) is 1.53. The van der Waals surface area contributed by atoms with Gasteiger partial charge in [0.2, 0.25) is 0 Å².